The number of hydrogen-bond donors (Lipinski definition) is 5. The van der Waals surface area contributed by atoms with E-state index < -0.39 is 29.7 Å². The van der Waals surface area contributed by atoms with Crippen molar-refractivity contribution in [3.63, 3.8) is 0 Å². The van der Waals surface area contributed by atoms with Crippen LogP contribution in [-0.4, -0.2) is 46.6 Å². The Kier molecular flexibility index (Phi) is 8.52. The average molecular weight is 413 g/mol. The van der Waals surface area contributed by atoms with Crippen LogP contribution in [0, 0.1) is 0 Å². The summed E-state index contributed by atoms with van der Waals surface area (Å²) in [5, 5.41) is 22.4. The molecule has 2 aromatic carbocycles. The van der Waals surface area contributed by atoms with Crippen molar-refractivity contribution >= 4 is 23.7 Å². The zero-order valence-electron chi connectivity index (χ0n) is 16.1. The fraction of sp³-hybridized carbons (Fsp3) is 0.238. The van der Waals surface area contributed by atoms with Gasteiger partial charge in [-0.2, -0.15) is 0 Å². The Morgan fingerprint density at radius 1 is 0.867 bits per heavy atom. The molecule has 0 radical (unpaired) electrons. The number of rotatable bonds is 10. The van der Waals surface area contributed by atoms with Crippen molar-refractivity contribution in [2.45, 2.75) is 25.3 Å². The molecule has 2 rings (SSSR count). The van der Waals surface area contributed by atoms with Crippen LogP contribution >= 0.6 is 0 Å². The zero-order valence-corrected chi connectivity index (χ0v) is 16.1. The van der Waals surface area contributed by atoms with Crippen LogP contribution < -0.4 is 16.1 Å². The molecule has 0 aliphatic rings. The van der Waals surface area contributed by atoms with E-state index in [2.05, 4.69) is 10.6 Å². The molecule has 0 heterocycles. The largest absolute Gasteiger partial charge is 0.481 e. The van der Waals surface area contributed by atoms with Crippen molar-refractivity contribution in [2.75, 3.05) is 6.54 Å². The van der Waals surface area contributed by atoms with Crippen molar-refractivity contribution in [1.29, 1.82) is 0 Å². The molecule has 0 spiro atoms. The maximum absolute atomic E-state index is 12.5. The van der Waals surface area contributed by atoms with Gasteiger partial charge in [-0.05, 0) is 29.7 Å². The predicted molar refractivity (Wildman–Crippen MR) is 108 cm³/mol. The highest BCUT2D eigenvalue weighted by atomic mass is 16.5. The van der Waals surface area contributed by atoms with E-state index in [1.807, 2.05) is 30.3 Å². The fourth-order valence-corrected chi connectivity index (χ4v) is 2.68. The minimum Gasteiger partial charge on any atom is -0.481 e. The summed E-state index contributed by atoms with van der Waals surface area (Å²) in [6.45, 7) is -0.258. The Labute approximate surface area is 173 Å². The fourth-order valence-electron chi connectivity index (χ4n) is 2.68. The number of hydroxylamine groups is 1. The molecule has 2 aromatic rings. The van der Waals surface area contributed by atoms with Gasteiger partial charge in [0.05, 0.1) is 0 Å². The molecule has 0 bridgehead atoms. The van der Waals surface area contributed by atoms with E-state index in [-0.39, 0.29) is 25.8 Å². The highest BCUT2D eigenvalue weighted by molar-refractivity contribution is 5.98. The first-order valence-electron chi connectivity index (χ1n) is 9.29. The number of nitrogens with one attached hydrogen (secondary N) is 3. The molecule has 0 fully saturated rings. The summed E-state index contributed by atoms with van der Waals surface area (Å²) in [6, 6.07) is 15.2. The lowest BCUT2D eigenvalue weighted by atomic mass is 10.0. The zero-order chi connectivity index (χ0) is 21.9. The second kappa shape index (κ2) is 11.3. The smallest absolute Gasteiger partial charge is 0.303 e. The maximum Gasteiger partial charge on any atom is 0.303 e. The van der Waals surface area contributed by atoms with Gasteiger partial charge in [0.1, 0.15) is 6.04 Å². The summed E-state index contributed by atoms with van der Waals surface area (Å²) in [7, 11) is 0. The summed E-state index contributed by atoms with van der Waals surface area (Å²) < 4.78 is 0. The van der Waals surface area contributed by atoms with Gasteiger partial charge in [-0.3, -0.25) is 24.4 Å². The number of carbonyl (C=O) groups excluding carboxylic acids is 3. The molecule has 1 atom stereocenters. The van der Waals surface area contributed by atoms with Gasteiger partial charge in [0.15, 0.2) is 0 Å². The van der Waals surface area contributed by atoms with Crippen LogP contribution in [0.15, 0.2) is 54.6 Å². The third-order valence-corrected chi connectivity index (χ3v) is 4.28. The first-order valence-corrected chi connectivity index (χ1v) is 9.29. The predicted octanol–water partition coefficient (Wildman–Crippen LogP) is 1.33. The number of amides is 3. The maximum atomic E-state index is 12.5. The molecule has 5 N–H and O–H groups in total. The van der Waals surface area contributed by atoms with Gasteiger partial charge >= 0.3 is 5.97 Å². The normalized spacial score (nSPS) is 11.2. The van der Waals surface area contributed by atoms with E-state index in [1.165, 1.54) is 5.48 Å². The molecule has 0 saturated carbocycles. The van der Waals surface area contributed by atoms with E-state index in [0.717, 1.165) is 11.1 Å². The summed E-state index contributed by atoms with van der Waals surface area (Å²) in [6.07, 6.45) is -0.0313. The second-order valence-electron chi connectivity index (χ2n) is 6.50. The highest BCUT2D eigenvalue weighted by Gasteiger charge is 2.22. The molecular weight excluding hydrogens is 390 g/mol. The quantitative estimate of drug-likeness (QED) is 0.293. The lowest BCUT2D eigenvalue weighted by Crippen LogP contribution is -2.52. The number of aliphatic carboxylic acids is 1. The van der Waals surface area contributed by atoms with Crippen molar-refractivity contribution in [2.24, 2.45) is 0 Å². The SMILES string of the molecule is O=C(O)CCCC(=O)NC[C@H](NC(=O)c1ccc(-c2ccccc2)cc1)C(=O)NO. The average Bonchev–Trinajstić information content (AvgIpc) is 2.76. The summed E-state index contributed by atoms with van der Waals surface area (Å²) in [5.41, 5.74) is 3.67. The first-order chi connectivity index (χ1) is 14.4. The number of carboxylic acid groups (broad SMARTS) is 1. The third kappa shape index (κ3) is 7.02. The molecule has 0 saturated heterocycles. The highest BCUT2D eigenvalue weighted by Crippen LogP contribution is 2.19. The molecule has 0 aliphatic heterocycles. The summed E-state index contributed by atoms with van der Waals surface area (Å²) >= 11 is 0. The van der Waals surface area contributed by atoms with Gasteiger partial charge in [0, 0.05) is 24.9 Å². The van der Waals surface area contributed by atoms with Crippen LogP contribution in [0.4, 0.5) is 0 Å². The Hall–Kier alpha value is -3.72. The van der Waals surface area contributed by atoms with Gasteiger partial charge in [-0.15, -0.1) is 0 Å². The van der Waals surface area contributed by atoms with E-state index in [1.54, 1.807) is 24.3 Å². The molecular formula is C21H23N3O6. The van der Waals surface area contributed by atoms with Crippen LogP contribution in [-0.2, 0) is 14.4 Å². The Morgan fingerprint density at radius 2 is 1.50 bits per heavy atom. The standard InChI is InChI=1S/C21H23N3O6/c25-18(7-4-8-19(26)27)22-13-17(21(29)24-30)23-20(28)16-11-9-15(10-12-16)14-5-2-1-3-6-14/h1-3,5-6,9-12,17,30H,4,7-8,13H2,(H,22,25)(H,23,28)(H,24,29)(H,26,27)/t17-/m0/s1. The molecule has 3 amide bonds. The summed E-state index contributed by atoms with van der Waals surface area (Å²) in [5.74, 6) is -2.92. The number of benzene rings is 2. The lowest BCUT2D eigenvalue weighted by molar-refractivity contribution is -0.137. The Bertz CT molecular complexity index is 883. The van der Waals surface area contributed by atoms with E-state index in [4.69, 9.17) is 10.3 Å². The molecule has 30 heavy (non-hydrogen) atoms. The van der Waals surface area contributed by atoms with Crippen molar-refractivity contribution in [1.82, 2.24) is 16.1 Å². The summed E-state index contributed by atoms with van der Waals surface area (Å²) in [4.78, 5) is 46.5. The van der Waals surface area contributed by atoms with Crippen LogP contribution in [0.1, 0.15) is 29.6 Å². The third-order valence-electron chi connectivity index (χ3n) is 4.28. The van der Waals surface area contributed by atoms with Gasteiger partial charge < -0.3 is 15.7 Å². The molecule has 0 unspecified atom stereocenters. The Morgan fingerprint density at radius 3 is 2.10 bits per heavy atom. The minimum absolute atomic E-state index is 0.0331. The molecule has 9 nitrogen and oxygen atoms in total. The van der Waals surface area contributed by atoms with Crippen molar-refractivity contribution < 1.29 is 29.5 Å². The second-order valence-corrected chi connectivity index (χ2v) is 6.50. The van der Waals surface area contributed by atoms with Crippen LogP contribution in [0.25, 0.3) is 11.1 Å². The van der Waals surface area contributed by atoms with E-state index >= 15 is 0 Å². The van der Waals surface area contributed by atoms with Crippen molar-refractivity contribution in [3.05, 3.63) is 60.2 Å². The van der Waals surface area contributed by atoms with Gasteiger partial charge in [-0.1, -0.05) is 42.5 Å². The molecule has 0 aromatic heterocycles. The monoisotopic (exact) mass is 413 g/mol. The topological polar surface area (TPSA) is 145 Å². The van der Waals surface area contributed by atoms with Gasteiger partial charge in [0.25, 0.3) is 11.8 Å². The van der Waals surface area contributed by atoms with E-state index in [9.17, 15) is 19.2 Å². The lowest BCUT2D eigenvalue weighted by Gasteiger charge is -2.17. The van der Waals surface area contributed by atoms with Gasteiger partial charge in [-0.25, -0.2) is 5.48 Å². The van der Waals surface area contributed by atoms with E-state index in [0.29, 0.717) is 5.56 Å². The molecule has 0 aliphatic carbocycles. The molecule has 158 valence electrons. The number of carbonyl (C=O) groups is 4. The van der Waals surface area contributed by atoms with Crippen LogP contribution in [0.2, 0.25) is 0 Å². The van der Waals surface area contributed by atoms with Crippen molar-refractivity contribution in [3.8, 4) is 11.1 Å². The molecule has 9 heteroatoms. The number of hydrogen-bond acceptors (Lipinski definition) is 5. The minimum atomic E-state index is -1.21. The first kappa shape index (κ1) is 22.6. The van der Waals surface area contributed by atoms with Gasteiger partial charge in [0.2, 0.25) is 5.91 Å². The van der Waals surface area contributed by atoms with Crippen LogP contribution in [0.5, 0.6) is 0 Å². The Balaban J connectivity index is 1.95. The van der Waals surface area contributed by atoms with Crippen LogP contribution in [0.3, 0.4) is 0 Å². The number of carboxylic acids is 1.